The number of imidazole rings is 1. The lowest BCUT2D eigenvalue weighted by Gasteiger charge is -2.11. The zero-order chi connectivity index (χ0) is 13.8. The number of amides is 1. The molecule has 0 saturated heterocycles. The highest BCUT2D eigenvalue weighted by Crippen LogP contribution is 2.11. The van der Waals surface area contributed by atoms with Crippen molar-refractivity contribution in [1.29, 1.82) is 0 Å². The Balaban J connectivity index is 1.98. The fourth-order valence-electron chi connectivity index (χ4n) is 1.71. The summed E-state index contributed by atoms with van der Waals surface area (Å²) in [6.45, 7) is 1.76. The van der Waals surface area contributed by atoms with Crippen molar-refractivity contribution in [2.24, 2.45) is 0 Å². The molecule has 0 bridgehead atoms. The number of benzene rings is 1. The summed E-state index contributed by atoms with van der Waals surface area (Å²) < 4.78 is 26.1. The molecule has 1 heterocycles. The molecule has 0 aliphatic rings. The van der Waals surface area contributed by atoms with Crippen LogP contribution in [0.15, 0.2) is 30.6 Å². The van der Waals surface area contributed by atoms with Gasteiger partial charge in [-0.25, -0.2) is 13.8 Å². The van der Waals surface area contributed by atoms with Crippen LogP contribution in [0.2, 0.25) is 0 Å². The van der Waals surface area contributed by atoms with Crippen molar-refractivity contribution in [2.75, 3.05) is 0 Å². The summed E-state index contributed by atoms with van der Waals surface area (Å²) in [5, 5.41) is 2.68. The van der Waals surface area contributed by atoms with Gasteiger partial charge in [0.1, 0.15) is 17.5 Å². The lowest BCUT2D eigenvalue weighted by molar-refractivity contribution is -0.121. The minimum atomic E-state index is -0.721. The van der Waals surface area contributed by atoms with Crippen LogP contribution >= 0.6 is 0 Å². The molecule has 0 aliphatic carbocycles. The summed E-state index contributed by atoms with van der Waals surface area (Å²) in [7, 11) is 0. The van der Waals surface area contributed by atoms with E-state index in [0.717, 1.165) is 12.1 Å². The first kappa shape index (κ1) is 13.2. The van der Waals surface area contributed by atoms with Gasteiger partial charge in [0.2, 0.25) is 5.91 Å². The van der Waals surface area contributed by atoms with Gasteiger partial charge in [0.25, 0.3) is 0 Å². The molecule has 0 spiro atoms. The summed E-state index contributed by atoms with van der Waals surface area (Å²) in [5.41, 5.74) is 0.158. The zero-order valence-corrected chi connectivity index (χ0v) is 10.3. The third-order valence-electron chi connectivity index (χ3n) is 2.67. The van der Waals surface area contributed by atoms with Crippen LogP contribution in [-0.2, 0) is 11.2 Å². The Morgan fingerprint density at radius 3 is 2.89 bits per heavy atom. The van der Waals surface area contributed by atoms with Crippen molar-refractivity contribution in [1.82, 2.24) is 15.3 Å². The molecule has 1 unspecified atom stereocenters. The summed E-state index contributed by atoms with van der Waals surface area (Å²) in [5.74, 6) is -1.12. The molecule has 0 saturated carbocycles. The summed E-state index contributed by atoms with van der Waals surface area (Å²) in [6, 6.07) is 2.85. The lowest BCUT2D eigenvalue weighted by atomic mass is 10.1. The number of nitrogens with zero attached hydrogens (tertiary/aromatic N) is 1. The first-order valence-corrected chi connectivity index (χ1v) is 5.79. The number of hydrogen-bond acceptors (Lipinski definition) is 2. The topological polar surface area (TPSA) is 57.8 Å². The van der Waals surface area contributed by atoms with Crippen molar-refractivity contribution in [3.8, 4) is 0 Å². The first-order valence-electron chi connectivity index (χ1n) is 5.79. The maximum absolute atomic E-state index is 13.4. The minimum absolute atomic E-state index is 0.142. The predicted molar refractivity (Wildman–Crippen MR) is 65.2 cm³/mol. The van der Waals surface area contributed by atoms with Gasteiger partial charge in [0.15, 0.2) is 0 Å². The van der Waals surface area contributed by atoms with Crippen LogP contribution in [0.1, 0.15) is 24.4 Å². The second-order valence-corrected chi connectivity index (χ2v) is 4.18. The van der Waals surface area contributed by atoms with E-state index in [9.17, 15) is 13.6 Å². The molecule has 6 heteroatoms. The van der Waals surface area contributed by atoms with Gasteiger partial charge >= 0.3 is 0 Å². The average molecular weight is 265 g/mol. The smallest absolute Gasteiger partial charge is 0.225 e. The van der Waals surface area contributed by atoms with E-state index in [-0.39, 0.29) is 23.9 Å². The van der Waals surface area contributed by atoms with Gasteiger partial charge in [-0.3, -0.25) is 4.79 Å². The van der Waals surface area contributed by atoms with Crippen LogP contribution in [0.3, 0.4) is 0 Å². The highest BCUT2D eigenvalue weighted by molar-refractivity contribution is 5.78. The van der Waals surface area contributed by atoms with E-state index in [1.165, 1.54) is 6.07 Å². The van der Waals surface area contributed by atoms with Gasteiger partial charge < -0.3 is 10.3 Å². The summed E-state index contributed by atoms with van der Waals surface area (Å²) in [4.78, 5) is 18.6. The van der Waals surface area contributed by atoms with Crippen molar-refractivity contribution >= 4 is 5.91 Å². The molecule has 4 nitrogen and oxygen atoms in total. The number of aromatic nitrogens is 2. The van der Waals surface area contributed by atoms with Crippen molar-refractivity contribution in [3.63, 3.8) is 0 Å². The number of aromatic amines is 1. The lowest BCUT2D eigenvalue weighted by Crippen LogP contribution is -2.29. The van der Waals surface area contributed by atoms with E-state index in [0.29, 0.717) is 5.82 Å². The first-order chi connectivity index (χ1) is 9.06. The fraction of sp³-hybridized carbons (Fsp3) is 0.231. The Bertz CT molecular complexity index is 569. The number of H-pyrrole nitrogens is 1. The number of carbonyl (C=O) groups is 1. The second kappa shape index (κ2) is 5.60. The van der Waals surface area contributed by atoms with Crippen LogP contribution in [-0.4, -0.2) is 15.9 Å². The molecule has 100 valence electrons. The molecule has 0 fully saturated rings. The molecular formula is C13H13F2N3O. The van der Waals surface area contributed by atoms with Crippen LogP contribution in [0.4, 0.5) is 8.78 Å². The normalized spacial score (nSPS) is 12.2. The Labute approximate surface area is 108 Å². The minimum Gasteiger partial charge on any atom is -0.347 e. The Morgan fingerprint density at radius 1 is 1.47 bits per heavy atom. The highest BCUT2D eigenvalue weighted by atomic mass is 19.1. The van der Waals surface area contributed by atoms with E-state index in [2.05, 4.69) is 15.3 Å². The zero-order valence-electron chi connectivity index (χ0n) is 10.3. The third kappa shape index (κ3) is 3.37. The number of hydrogen-bond donors (Lipinski definition) is 2. The van der Waals surface area contributed by atoms with E-state index in [1.807, 2.05) is 0 Å². The molecular weight excluding hydrogens is 252 g/mol. The molecule has 0 aliphatic heterocycles. The fourth-order valence-corrected chi connectivity index (χ4v) is 1.71. The Kier molecular flexibility index (Phi) is 3.89. The summed E-state index contributed by atoms with van der Waals surface area (Å²) >= 11 is 0. The van der Waals surface area contributed by atoms with Crippen LogP contribution < -0.4 is 5.32 Å². The highest BCUT2D eigenvalue weighted by Gasteiger charge is 2.13. The SMILES string of the molecule is CC(NC(=O)Cc1ccc(F)cc1F)c1ncc[nH]1. The monoisotopic (exact) mass is 265 g/mol. The molecule has 2 rings (SSSR count). The second-order valence-electron chi connectivity index (χ2n) is 4.18. The van der Waals surface area contributed by atoms with Crippen LogP contribution in [0.25, 0.3) is 0 Å². The van der Waals surface area contributed by atoms with Crippen molar-refractivity contribution < 1.29 is 13.6 Å². The maximum Gasteiger partial charge on any atom is 0.225 e. The largest absolute Gasteiger partial charge is 0.347 e. The third-order valence-corrected chi connectivity index (χ3v) is 2.67. The molecule has 1 aromatic heterocycles. The summed E-state index contributed by atoms with van der Waals surface area (Å²) in [6.07, 6.45) is 3.09. The van der Waals surface area contributed by atoms with E-state index in [1.54, 1.807) is 19.3 Å². The Morgan fingerprint density at radius 2 is 2.26 bits per heavy atom. The van der Waals surface area contributed by atoms with Gasteiger partial charge in [0.05, 0.1) is 12.5 Å². The quantitative estimate of drug-likeness (QED) is 0.889. The number of nitrogens with one attached hydrogen (secondary N) is 2. The van der Waals surface area contributed by atoms with Crippen LogP contribution in [0, 0.1) is 11.6 Å². The van der Waals surface area contributed by atoms with E-state index < -0.39 is 11.6 Å². The number of carbonyl (C=O) groups excluding carboxylic acids is 1. The molecule has 1 atom stereocenters. The molecule has 0 radical (unpaired) electrons. The van der Waals surface area contributed by atoms with Gasteiger partial charge in [-0.1, -0.05) is 6.07 Å². The van der Waals surface area contributed by atoms with Gasteiger partial charge in [0, 0.05) is 18.5 Å². The Hall–Kier alpha value is -2.24. The van der Waals surface area contributed by atoms with Gasteiger partial charge in [-0.15, -0.1) is 0 Å². The molecule has 2 aromatic rings. The van der Waals surface area contributed by atoms with E-state index >= 15 is 0 Å². The van der Waals surface area contributed by atoms with Crippen molar-refractivity contribution in [3.05, 3.63) is 53.6 Å². The van der Waals surface area contributed by atoms with Crippen molar-refractivity contribution in [2.45, 2.75) is 19.4 Å². The maximum atomic E-state index is 13.4. The molecule has 2 N–H and O–H groups in total. The van der Waals surface area contributed by atoms with Gasteiger partial charge in [-0.2, -0.15) is 0 Å². The predicted octanol–water partition coefficient (Wildman–Crippen LogP) is 2.11. The van der Waals surface area contributed by atoms with E-state index in [4.69, 9.17) is 0 Å². The molecule has 19 heavy (non-hydrogen) atoms. The average Bonchev–Trinajstić information content (AvgIpc) is 2.86. The number of halogens is 2. The molecule has 1 amide bonds. The molecule has 1 aromatic carbocycles. The number of rotatable bonds is 4. The standard InChI is InChI=1S/C13H13F2N3O/c1-8(13-16-4-5-17-13)18-12(19)6-9-2-3-10(14)7-11(9)15/h2-5,7-8H,6H2,1H3,(H,16,17)(H,18,19). The van der Waals surface area contributed by atoms with Gasteiger partial charge in [-0.05, 0) is 18.6 Å². The van der Waals surface area contributed by atoms with Crippen LogP contribution in [0.5, 0.6) is 0 Å².